The Labute approximate surface area is 191 Å². The van der Waals surface area contributed by atoms with Crippen molar-refractivity contribution in [3.05, 3.63) is 59.2 Å². The molecule has 2 amide bonds. The van der Waals surface area contributed by atoms with E-state index >= 15 is 0 Å². The summed E-state index contributed by atoms with van der Waals surface area (Å²) < 4.78 is 0. The lowest BCUT2D eigenvalue weighted by atomic mass is 9.87. The largest absolute Gasteiger partial charge is 0.349 e. The number of amides is 2. The fraction of sp³-hybridized carbons (Fsp3) is 0.520. The van der Waals surface area contributed by atoms with Crippen LogP contribution in [-0.2, 0) is 22.7 Å². The van der Waals surface area contributed by atoms with Crippen LogP contribution < -0.4 is 0 Å². The minimum atomic E-state index is -0.198. The standard InChI is InChI=1S/C25H35N5O2/c1-17(2)24-26-11-20(12-27-24)14-29(6)13-19-7-9-21(10-8-19)22-15-30(18(3)31)16-23(22)25(32)28(4)5/h7-12,17,22-23H,13-16H2,1-6H3/t22-,23+/m1/s1. The van der Waals surface area contributed by atoms with E-state index in [1.54, 1.807) is 30.8 Å². The van der Waals surface area contributed by atoms with Crippen molar-refractivity contribution in [3.63, 3.8) is 0 Å². The molecule has 0 spiro atoms. The lowest BCUT2D eigenvalue weighted by Gasteiger charge is -2.22. The number of aromatic nitrogens is 2. The normalized spacial score (nSPS) is 18.4. The van der Waals surface area contributed by atoms with Crippen LogP contribution in [0.15, 0.2) is 36.7 Å². The fourth-order valence-electron chi connectivity index (χ4n) is 4.27. The van der Waals surface area contributed by atoms with E-state index in [1.807, 2.05) is 12.4 Å². The number of likely N-dealkylation sites (tertiary alicyclic amines) is 1. The van der Waals surface area contributed by atoms with Crippen molar-refractivity contribution in [2.45, 2.75) is 45.7 Å². The van der Waals surface area contributed by atoms with Crippen molar-refractivity contribution in [1.29, 1.82) is 0 Å². The van der Waals surface area contributed by atoms with Crippen molar-refractivity contribution in [2.75, 3.05) is 34.2 Å². The maximum Gasteiger partial charge on any atom is 0.227 e. The van der Waals surface area contributed by atoms with Crippen molar-refractivity contribution >= 4 is 11.8 Å². The lowest BCUT2D eigenvalue weighted by molar-refractivity contribution is -0.133. The summed E-state index contributed by atoms with van der Waals surface area (Å²) in [6, 6.07) is 8.46. The Morgan fingerprint density at radius 1 is 1.00 bits per heavy atom. The highest BCUT2D eigenvalue weighted by molar-refractivity contribution is 5.82. The summed E-state index contributed by atoms with van der Waals surface area (Å²) >= 11 is 0. The van der Waals surface area contributed by atoms with Gasteiger partial charge in [0.25, 0.3) is 0 Å². The quantitative estimate of drug-likeness (QED) is 0.666. The van der Waals surface area contributed by atoms with Crippen molar-refractivity contribution in [1.82, 2.24) is 24.7 Å². The zero-order valence-corrected chi connectivity index (χ0v) is 20.1. The highest BCUT2D eigenvalue weighted by Gasteiger charge is 2.40. The van der Waals surface area contributed by atoms with Crippen LogP contribution in [0.5, 0.6) is 0 Å². The van der Waals surface area contributed by atoms with Gasteiger partial charge >= 0.3 is 0 Å². The molecule has 0 saturated carbocycles. The number of benzene rings is 1. The van der Waals surface area contributed by atoms with Crippen LogP contribution in [0.4, 0.5) is 0 Å². The van der Waals surface area contributed by atoms with E-state index in [2.05, 4.69) is 60.0 Å². The van der Waals surface area contributed by atoms with Crippen LogP contribution in [0.1, 0.15) is 55.1 Å². The molecule has 1 aliphatic heterocycles. The molecule has 0 unspecified atom stereocenters. The summed E-state index contributed by atoms with van der Waals surface area (Å²) in [5.74, 6) is 1.12. The summed E-state index contributed by atoms with van der Waals surface area (Å²) in [4.78, 5) is 39.2. The summed E-state index contributed by atoms with van der Waals surface area (Å²) in [6.45, 7) is 8.40. The van der Waals surface area contributed by atoms with Gasteiger partial charge in [-0.25, -0.2) is 9.97 Å². The second-order valence-electron chi connectivity index (χ2n) is 9.39. The Balaban J connectivity index is 1.65. The van der Waals surface area contributed by atoms with Gasteiger partial charge in [-0.15, -0.1) is 0 Å². The molecule has 32 heavy (non-hydrogen) atoms. The third-order valence-electron chi connectivity index (χ3n) is 6.08. The minimum Gasteiger partial charge on any atom is -0.349 e. The van der Waals surface area contributed by atoms with Gasteiger partial charge in [0.05, 0.1) is 5.92 Å². The number of rotatable bonds is 7. The molecule has 1 fully saturated rings. The fourth-order valence-corrected chi connectivity index (χ4v) is 4.27. The smallest absolute Gasteiger partial charge is 0.227 e. The molecular formula is C25H35N5O2. The monoisotopic (exact) mass is 437 g/mol. The van der Waals surface area contributed by atoms with Crippen molar-refractivity contribution < 1.29 is 9.59 Å². The minimum absolute atomic E-state index is 0.0210. The van der Waals surface area contributed by atoms with E-state index in [0.717, 1.165) is 30.0 Å². The number of hydrogen-bond donors (Lipinski definition) is 0. The first kappa shape index (κ1) is 23.9. The number of carbonyl (C=O) groups excluding carboxylic acids is 2. The molecule has 3 rings (SSSR count). The molecule has 7 heteroatoms. The van der Waals surface area contributed by atoms with Crippen LogP contribution in [0, 0.1) is 5.92 Å². The molecule has 2 aromatic rings. The van der Waals surface area contributed by atoms with E-state index in [1.165, 1.54) is 5.56 Å². The Morgan fingerprint density at radius 3 is 2.12 bits per heavy atom. The van der Waals surface area contributed by atoms with E-state index < -0.39 is 0 Å². The molecule has 0 N–H and O–H groups in total. The summed E-state index contributed by atoms with van der Waals surface area (Å²) in [5.41, 5.74) is 3.40. The first-order chi connectivity index (χ1) is 15.2. The summed E-state index contributed by atoms with van der Waals surface area (Å²) in [6.07, 6.45) is 3.81. The third kappa shape index (κ3) is 5.71. The van der Waals surface area contributed by atoms with Gasteiger partial charge in [0.15, 0.2) is 0 Å². The van der Waals surface area contributed by atoms with Crippen LogP contribution in [-0.4, -0.2) is 70.7 Å². The van der Waals surface area contributed by atoms with Gasteiger partial charge in [0.2, 0.25) is 11.8 Å². The van der Waals surface area contributed by atoms with Crippen LogP contribution in [0.3, 0.4) is 0 Å². The molecule has 2 atom stereocenters. The number of nitrogens with zero attached hydrogens (tertiary/aromatic N) is 5. The molecule has 1 aliphatic rings. The van der Waals surface area contributed by atoms with Gasteiger partial charge in [0.1, 0.15) is 5.82 Å². The maximum atomic E-state index is 12.7. The summed E-state index contributed by atoms with van der Waals surface area (Å²) in [5, 5.41) is 0. The average Bonchev–Trinajstić information content (AvgIpc) is 3.19. The molecule has 1 saturated heterocycles. The van der Waals surface area contributed by atoms with Crippen LogP contribution >= 0.6 is 0 Å². The molecule has 0 aliphatic carbocycles. The van der Waals surface area contributed by atoms with Crippen molar-refractivity contribution in [2.24, 2.45) is 5.92 Å². The molecule has 172 valence electrons. The molecule has 1 aromatic heterocycles. The topological polar surface area (TPSA) is 69.6 Å². The van der Waals surface area contributed by atoms with E-state index in [-0.39, 0.29) is 23.7 Å². The predicted octanol–water partition coefficient (Wildman–Crippen LogP) is 2.88. The van der Waals surface area contributed by atoms with Gasteiger partial charge in [0, 0.05) is 77.0 Å². The highest BCUT2D eigenvalue weighted by atomic mass is 16.2. The zero-order valence-electron chi connectivity index (χ0n) is 20.1. The maximum absolute atomic E-state index is 12.7. The lowest BCUT2D eigenvalue weighted by Crippen LogP contribution is -2.34. The van der Waals surface area contributed by atoms with Gasteiger partial charge in [-0.05, 0) is 18.2 Å². The van der Waals surface area contributed by atoms with Gasteiger partial charge in [-0.1, -0.05) is 38.1 Å². The van der Waals surface area contributed by atoms with Crippen LogP contribution in [0.25, 0.3) is 0 Å². The second kappa shape index (κ2) is 10.2. The van der Waals surface area contributed by atoms with Gasteiger partial charge < -0.3 is 9.80 Å². The molecule has 1 aromatic carbocycles. The van der Waals surface area contributed by atoms with E-state index in [9.17, 15) is 9.59 Å². The Kier molecular flexibility index (Phi) is 7.61. The van der Waals surface area contributed by atoms with E-state index in [4.69, 9.17) is 0 Å². The van der Waals surface area contributed by atoms with Crippen molar-refractivity contribution in [3.8, 4) is 0 Å². The number of hydrogen-bond acceptors (Lipinski definition) is 5. The van der Waals surface area contributed by atoms with E-state index in [0.29, 0.717) is 19.0 Å². The van der Waals surface area contributed by atoms with Gasteiger partial charge in [-0.2, -0.15) is 0 Å². The Bertz CT molecular complexity index is 924. The molecule has 7 nitrogen and oxygen atoms in total. The zero-order chi connectivity index (χ0) is 23.4. The second-order valence-corrected chi connectivity index (χ2v) is 9.39. The summed E-state index contributed by atoms with van der Waals surface area (Å²) in [7, 11) is 5.63. The average molecular weight is 438 g/mol. The Morgan fingerprint density at radius 2 is 1.59 bits per heavy atom. The number of carbonyl (C=O) groups is 2. The molecule has 0 bridgehead atoms. The highest BCUT2D eigenvalue weighted by Crippen LogP contribution is 2.34. The molecular weight excluding hydrogens is 402 g/mol. The Hall–Kier alpha value is -2.80. The first-order valence-electron chi connectivity index (χ1n) is 11.2. The first-order valence-corrected chi connectivity index (χ1v) is 11.2. The third-order valence-corrected chi connectivity index (χ3v) is 6.08. The van der Waals surface area contributed by atoms with Gasteiger partial charge in [-0.3, -0.25) is 14.5 Å². The molecule has 2 heterocycles. The predicted molar refractivity (Wildman–Crippen MR) is 125 cm³/mol. The molecule has 0 radical (unpaired) electrons. The van der Waals surface area contributed by atoms with Crippen LogP contribution in [0.2, 0.25) is 0 Å². The SMILES string of the molecule is CC(=O)N1C[C@H](C(=O)N(C)C)[C@@H](c2ccc(CN(C)Cc3cnc(C(C)C)nc3)cc2)C1.